The molecule has 0 amide bonds. The average molecular weight is 273 g/mol. The van der Waals surface area contributed by atoms with Gasteiger partial charge < -0.3 is 10.2 Å². The third kappa shape index (κ3) is 2.82. The zero-order valence-electron chi connectivity index (χ0n) is 10.5. The van der Waals surface area contributed by atoms with Crippen molar-refractivity contribution < 1.29 is 4.74 Å². The van der Waals surface area contributed by atoms with Crippen molar-refractivity contribution in [2.45, 2.75) is 19.9 Å². The largest absolute Gasteiger partial charge is 0.379 e. The fourth-order valence-electron chi connectivity index (χ4n) is 1.74. The number of anilines is 1. The molecule has 0 bridgehead atoms. The molecule has 0 spiro atoms. The molecular formula is C11H17ClN4O2. The van der Waals surface area contributed by atoms with Gasteiger partial charge in [0.15, 0.2) is 0 Å². The molecule has 1 fully saturated rings. The van der Waals surface area contributed by atoms with E-state index in [2.05, 4.69) is 10.5 Å². The van der Waals surface area contributed by atoms with E-state index in [4.69, 9.17) is 16.3 Å². The summed E-state index contributed by atoms with van der Waals surface area (Å²) in [5.74, 6) is 0. The molecule has 0 aromatic carbocycles. The van der Waals surface area contributed by atoms with E-state index >= 15 is 0 Å². The molecule has 2 heterocycles. The second-order valence-electron chi connectivity index (χ2n) is 4.43. The lowest BCUT2D eigenvalue weighted by molar-refractivity contribution is 0.0496. The van der Waals surface area contributed by atoms with Crippen molar-refractivity contribution in [2.24, 2.45) is 0 Å². The van der Waals surface area contributed by atoms with Crippen LogP contribution in [0.3, 0.4) is 0 Å². The van der Waals surface area contributed by atoms with Gasteiger partial charge in [-0.1, -0.05) is 11.6 Å². The summed E-state index contributed by atoms with van der Waals surface area (Å²) >= 11 is 6.07. The standard InChI is InChI=1S/C11H17ClN4O2/c1-8(2)16-11(17)10(12)9(7-13-16)14-15-3-5-18-6-4-15/h7-8,14H,3-6H2,1-2H3. The van der Waals surface area contributed by atoms with E-state index in [0.29, 0.717) is 18.9 Å². The second kappa shape index (κ2) is 5.69. The van der Waals surface area contributed by atoms with Crippen LogP contribution in [-0.4, -0.2) is 41.1 Å². The van der Waals surface area contributed by atoms with Crippen LogP contribution in [0.25, 0.3) is 0 Å². The quantitative estimate of drug-likeness (QED) is 0.894. The van der Waals surface area contributed by atoms with E-state index in [1.165, 1.54) is 4.68 Å². The molecule has 0 radical (unpaired) electrons. The van der Waals surface area contributed by atoms with Crippen LogP contribution in [0.15, 0.2) is 11.0 Å². The Morgan fingerprint density at radius 1 is 1.44 bits per heavy atom. The van der Waals surface area contributed by atoms with Gasteiger partial charge >= 0.3 is 0 Å². The van der Waals surface area contributed by atoms with Crippen LogP contribution in [-0.2, 0) is 4.74 Å². The lowest BCUT2D eigenvalue weighted by Gasteiger charge is -2.28. The first-order chi connectivity index (χ1) is 8.59. The molecule has 1 aromatic heterocycles. The molecule has 1 aliphatic rings. The average Bonchev–Trinajstić information content (AvgIpc) is 2.36. The Kier molecular flexibility index (Phi) is 4.21. The fourth-order valence-corrected chi connectivity index (χ4v) is 1.91. The van der Waals surface area contributed by atoms with Gasteiger partial charge in [-0.25, -0.2) is 9.69 Å². The molecule has 1 N–H and O–H groups in total. The summed E-state index contributed by atoms with van der Waals surface area (Å²) in [5.41, 5.74) is 3.37. The molecule has 1 aliphatic heterocycles. The van der Waals surface area contributed by atoms with Crippen LogP contribution in [0.2, 0.25) is 5.02 Å². The highest BCUT2D eigenvalue weighted by Crippen LogP contribution is 2.17. The molecule has 18 heavy (non-hydrogen) atoms. The zero-order valence-corrected chi connectivity index (χ0v) is 11.3. The summed E-state index contributed by atoms with van der Waals surface area (Å²) in [6, 6.07) is -0.00700. The first-order valence-corrected chi connectivity index (χ1v) is 6.34. The van der Waals surface area contributed by atoms with E-state index in [1.54, 1.807) is 6.20 Å². The van der Waals surface area contributed by atoms with Gasteiger partial charge in [-0.05, 0) is 13.8 Å². The number of aromatic nitrogens is 2. The number of hydrogen-bond donors (Lipinski definition) is 1. The Balaban J connectivity index is 2.19. The molecule has 1 saturated heterocycles. The molecule has 1 aromatic rings. The highest BCUT2D eigenvalue weighted by Gasteiger charge is 2.15. The first-order valence-electron chi connectivity index (χ1n) is 5.96. The number of hydrogen-bond acceptors (Lipinski definition) is 5. The van der Waals surface area contributed by atoms with Gasteiger partial charge in [0.2, 0.25) is 0 Å². The summed E-state index contributed by atoms with van der Waals surface area (Å²) < 4.78 is 6.61. The summed E-state index contributed by atoms with van der Waals surface area (Å²) in [6.45, 7) is 6.62. The van der Waals surface area contributed by atoms with Gasteiger partial charge in [-0.15, -0.1) is 0 Å². The highest BCUT2D eigenvalue weighted by atomic mass is 35.5. The third-order valence-electron chi connectivity index (χ3n) is 2.72. The fraction of sp³-hybridized carbons (Fsp3) is 0.636. The van der Waals surface area contributed by atoms with Crippen LogP contribution in [0.1, 0.15) is 19.9 Å². The van der Waals surface area contributed by atoms with Crippen LogP contribution >= 0.6 is 11.6 Å². The first kappa shape index (κ1) is 13.3. The van der Waals surface area contributed by atoms with Crippen molar-refractivity contribution >= 4 is 17.3 Å². The van der Waals surface area contributed by atoms with E-state index < -0.39 is 0 Å². The Morgan fingerprint density at radius 3 is 2.72 bits per heavy atom. The number of morpholine rings is 1. The van der Waals surface area contributed by atoms with Gasteiger partial charge in [0.25, 0.3) is 5.56 Å². The van der Waals surface area contributed by atoms with Crippen LogP contribution < -0.4 is 11.0 Å². The molecule has 0 aliphatic carbocycles. The molecule has 0 unspecified atom stereocenters. The minimum absolute atomic E-state index is 0.00700. The Labute approximate surface area is 110 Å². The van der Waals surface area contributed by atoms with Gasteiger partial charge in [0.05, 0.1) is 31.1 Å². The molecule has 7 heteroatoms. The minimum atomic E-state index is -0.273. The van der Waals surface area contributed by atoms with E-state index in [0.717, 1.165) is 13.1 Å². The lowest BCUT2D eigenvalue weighted by atomic mass is 10.4. The number of rotatable bonds is 3. The van der Waals surface area contributed by atoms with Crippen LogP contribution in [0.4, 0.5) is 5.69 Å². The summed E-state index contributed by atoms with van der Waals surface area (Å²) in [4.78, 5) is 12.0. The smallest absolute Gasteiger partial charge is 0.287 e. The van der Waals surface area contributed by atoms with E-state index in [9.17, 15) is 4.79 Å². The lowest BCUT2D eigenvalue weighted by Crippen LogP contribution is -2.41. The summed E-state index contributed by atoms with van der Waals surface area (Å²) in [6.07, 6.45) is 1.58. The van der Waals surface area contributed by atoms with Crippen molar-refractivity contribution in [3.8, 4) is 0 Å². The Bertz CT molecular complexity index is 469. The van der Waals surface area contributed by atoms with E-state index in [-0.39, 0.29) is 16.6 Å². The van der Waals surface area contributed by atoms with E-state index in [1.807, 2.05) is 18.9 Å². The van der Waals surface area contributed by atoms with Crippen LogP contribution in [0, 0.1) is 0 Å². The number of nitrogens with one attached hydrogen (secondary N) is 1. The predicted molar refractivity (Wildman–Crippen MR) is 69.9 cm³/mol. The number of hydrazine groups is 1. The van der Waals surface area contributed by atoms with Crippen molar-refractivity contribution in [2.75, 3.05) is 31.7 Å². The van der Waals surface area contributed by atoms with Gasteiger partial charge in [0, 0.05) is 13.1 Å². The summed E-state index contributed by atoms with van der Waals surface area (Å²) in [5, 5.41) is 6.24. The SMILES string of the molecule is CC(C)n1ncc(NN2CCOCC2)c(Cl)c1=O. The molecule has 0 atom stereocenters. The topological polar surface area (TPSA) is 59.4 Å². The monoisotopic (exact) mass is 272 g/mol. The molecule has 0 saturated carbocycles. The van der Waals surface area contributed by atoms with Gasteiger partial charge in [-0.3, -0.25) is 4.79 Å². The minimum Gasteiger partial charge on any atom is -0.379 e. The predicted octanol–water partition coefficient (Wildman–Crippen LogP) is 1.14. The summed E-state index contributed by atoms with van der Waals surface area (Å²) in [7, 11) is 0. The third-order valence-corrected chi connectivity index (χ3v) is 3.09. The maximum Gasteiger partial charge on any atom is 0.287 e. The van der Waals surface area contributed by atoms with Gasteiger partial charge in [-0.2, -0.15) is 5.10 Å². The Morgan fingerprint density at radius 2 is 2.11 bits per heavy atom. The number of nitrogens with zero attached hydrogens (tertiary/aromatic N) is 3. The van der Waals surface area contributed by atoms with Crippen molar-refractivity contribution in [3.05, 3.63) is 21.6 Å². The maximum atomic E-state index is 12.0. The van der Waals surface area contributed by atoms with Crippen molar-refractivity contribution in [1.82, 2.24) is 14.8 Å². The zero-order chi connectivity index (χ0) is 13.1. The second-order valence-corrected chi connectivity index (χ2v) is 4.80. The molecule has 100 valence electrons. The van der Waals surface area contributed by atoms with Crippen LogP contribution in [0.5, 0.6) is 0 Å². The molecule has 6 nitrogen and oxygen atoms in total. The molecular weight excluding hydrogens is 256 g/mol. The highest BCUT2D eigenvalue weighted by molar-refractivity contribution is 6.32. The van der Waals surface area contributed by atoms with Crippen molar-refractivity contribution in [1.29, 1.82) is 0 Å². The Hall–Kier alpha value is -1.11. The van der Waals surface area contributed by atoms with Gasteiger partial charge in [0.1, 0.15) is 5.02 Å². The maximum absolute atomic E-state index is 12.0. The number of ether oxygens (including phenoxy) is 1. The normalized spacial score (nSPS) is 17.1. The number of halogens is 1. The van der Waals surface area contributed by atoms with Crippen molar-refractivity contribution in [3.63, 3.8) is 0 Å². The molecule has 2 rings (SSSR count).